The summed E-state index contributed by atoms with van der Waals surface area (Å²) < 4.78 is 0. The van der Waals surface area contributed by atoms with Gasteiger partial charge in [0.15, 0.2) is 5.78 Å². The van der Waals surface area contributed by atoms with Crippen LogP contribution in [-0.4, -0.2) is 5.78 Å². The predicted octanol–water partition coefficient (Wildman–Crippen LogP) is 4.15. The van der Waals surface area contributed by atoms with Crippen molar-refractivity contribution >= 4 is 5.78 Å². The summed E-state index contributed by atoms with van der Waals surface area (Å²) in [5.74, 6) is 1.30. The molecule has 0 saturated heterocycles. The molecule has 16 heavy (non-hydrogen) atoms. The number of carbonyl (C=O) groups is 1. The molecule has 1 heteroatoms. The first kappa shape index (κ1) is 13.2. The molecular formula is C15H24O. The highest BCUT2D eigenvalue weighted by Crippen LogP contribution is 2.45. The van der Waals surface area contributed by atoms with Gasteiger partial charge in [0, 0.05) is 12.3 Å². The summed E-state index contributed by atoms with van der Waals surface area (Å²) >= 11 is 0. The minimum atomic E-state index is 0.224. The van der Waals surface area contributed by atoms with E-state index in [9.17, 15) is 4.79 Å². The van der Waals surface area contributed by atoms with E-state index in [1.54, 1.807) is 6.08 Å². The monoisotopic (exact) mass is 220 g/mol. The van der Waals surface area contributed by atoms with Crippen LogP contribution in [0.25, 0.3) is 0 Å². The predicted molar refractivity (Wildman–Crippen MR) is 69.2 cm³/mol. The van der Waals surface area contributed by atoms with Gasteiger partial charge in [0.25, 0.3) is 0 Å². The zero-order valence-corrected chi connectivity index (χ0v) is 11.2. The van der Waals surface area contributed by atoms with Crippen LogP contribution in [0.15, 0.2) is 23.8 Å². The van der Waals surface area contributed by atoms with Crippen LogP contribution in [0.5, 0.6) is 0 Å². The molecule has 2 atom stereocenters. The highest BCUT2D eigenvalue weighted by atomic mass is 16.1. The summed E-state index contributed by atoms with van der Waals surface area (Å²) in [5.41, 5.74) is 1.66. The molecule has 1 aliphatic rings. The Morgan fingerprint density at radius 3 is 2.75 bits per heavy atom. The molecule has 0 aromatic carbocycles. The second-order valence-corrected chi connectivity index (χ2v) is 5.56. The summed E-state index contributed by atoms with van der Waals surface area (Å²) in [6, 6.07) is 0. The first-order valence-corrected chi connectivity index (χ1v) is 6.27. The zero-order chi connectivity index (χ0) is 12.3. The van der Waals surface area contributed by atoms with Crippen molar-refractivity contribution in [3.05, 3.63) is 23.8 Å². The molecule has 0 heterocycles. The molecule has 0 aliphatic heterocycles. The van der Waals surface area contributed by atoms with Gasteiger partial charge in [0.05, 0.1) is 0 Å². The summed E-state index contributed by atoms with van der Waals surface area (Å²) in [4.78, 5) is 11.3. The fourth-order valence-electron chi connectivity index (χ4n) is 2.41. The third kappa shape index (κ3) is 2.63. The lowest BCUT2D eigenvalue weighted by atomic mass is 9.63. The molecule has 0 aromatic rings. The number of carbonyl (C=O) groups excluding carboxylic acids is 1. The van der Waals surface area contributed by atoms with E-state index in [2.05, 4.69) is 39.8 Å². The largest absolute Gasteiger partial charge is 0.295 e. The van der Waals surface area contributed by atoms with E-state index in [4.69, 9.17) is 0 Å². The van der Waals surface area contributed by atoms with Gasteiger partial charge < -0.3 is 0 Å². The molecule has 0 unspecified atom stereocenters. The number of rotatable bonds is 3. The average Bonchev–Trinajstić information content (AvgIpc) is 2.23. The Kier molecular flexibility index (Phi) is 4.12. The van der Waals surface area contributed by atoms with Crippen molar-refractivity contribution in [2.45, 2.75) is 47.5 Å². The van der Waals surface area contributed by atoms with Gasteiger partial charge >= 0.3 is 0 Å². The van der Waals surface area contributed by atoms with Crippen molar-refractivity contribution in [3.63, 3.8) is 0 Å². The Balaban J connectivity index is 2.91. The van der Waals surface area contributed by atoms with Crippen LogP contribution < -0.4 is 0 Å². The van der Waals surface area contributed by atoms with Crippen molar-refractivity contribution in [2.75, 3.05) is 0 Å². The van der Waals surface area contributed by atoms with Gasteiger partial charge in [-0.2, -0.15) is 0 Å². The normalized spacial score (nSPS) is 29.2. The smallest absolute Gasteiger partial charge is 0.155 e. The maximum absolute atomic E-state index is 11.3. The van der Waals surface area contributed by atoms with E-state index in [-0.39, 0.29) is 11.2 Å². The first-order valence-electron chi connectivity index (χ1n) is 6.27. The molecule has 1 nitrogen and oxygen atoms in total. The van der Waals surface area contributed by atoms with Gasteiger partial charge in [-0.15, -0.1) is 0 Å². The van der Waals surface area contributed by atoms with Gasteiger partial charge in [0.2, 0.25) is 0 Å². The van der Waals surface area contributed by atoms with Crippen molar-refractivity contribution in [1.82, 2.24) is 0 Å². The van der Waals surface area contributed by atoms with E-state index < -0.39 is 0 Å². The average molecular weight is 220 g/mol. The number of hydrogen-bond donors (Lipinski definition) is 0. The van der Waals surface area contributed by atoms with E-state index in [0.29, 0.717) is 18.3 Å². The van der Waals surface area contributed by atoms with Crippen molar-refractivity contribution in [3.8, 4) is 0 Å². The quantitative estimate of drug-likeness (QED) is 0.516. The molecule has 0 fully saturated rings. The molecule has 0 bridgehead atoms. The summed E-state index contributed by atoms with van der Waals surface area (Å²) in [6.45, 7) is 11.0. The molecule has 0 radical (unpaired) electrons. The van der Waals surface area contributed by atoms with E-state index >= 15 is 0 Å². The van der Waals surface area contributed by atoms with E-state index in [0.717, 1.165) is 6.42 Å². The van der Waals surface area contributed by atoms with Crippen LogP contribution in [0.3, 0.4) is 0 Å². The third-order valence-electron chi connectivity index (χ3n) is 4.18. The second-order valence-electron chi connectivity index (χ2n) is 5.56. The third-order valence-corrected chi connectivity index (χ3v) is 4.18. The minimum absolute atomic E-state index is 0.224. The highest BCUT2D eigenvalue weighted by Gasteiger charge is 2.36. The van der Waals surface area contributed by atoms with Gasteiger partial charge in [-0.05, 0) is 30.8 Å². The number of ketones is 1. The van der Waals surface area contributed by atoms with Crippen molar-refractivity contribution in [2.24, 2.45) is 17.3 Å². The van der Waals surface area contributed by atoms with Crippen LogP contribution in [0.1, 0.15) is 47.5 Å². The Morgan fingerprint density at radius 2 is 2.19 bits per heavy atom. The minimum Gasteiger partial charge on any atom is -0.295 e. The topological polar surface area (TPSA) is 17.1 Å². The van der Waals surface area contributed by atoms with Gasteiger partial charge in [-0.25, -0.2) is 0 Å². The molecule has 0 aromatic heterocycles. The standard InChI is InChI=1S/C15H24O/c1-6-13(16)9-10-14-11(2)7-8-12(3)15(14,4)5/h7,9-10,12,14H,6,8H2,1-5H3/t12-,14+/m1/s1. The lowest BCUT2D eigenvalue weighted by Gasteiger charge is -2.42. The fraction of sp³-hybridized carbons (Fsp3) is 0.667. The Bertz CT molecular complexity index is 320. The SMILES string of the molecule is CCC(=O)C=C[C@H]1C(C)=CC[C@@H](C)C1(C)C. The van der Waals surface area contributed by atoms with Crippen molar-refractivity contribution < 1.29 is 4.79 Å². The Labute approximate surface area is 99.6 Å². The lowest BCUT2D eigenvalue weighted by Crippen LogP contribution is -2.33. The zero-order valence-electron chi connectivity index (χ0n) is 11.2. The molecule has 1 aliphatic carbocycles. The fourth-order valence-corrected chi connectivity index (χ4v) is 2.41. The molecule has 0 saturated carbocycles. The van der Waals surface area contributed by atoms with Crippen LogP contribution in [0.2, 0.25) is 0 Å². The highest BCUT2D eigenvalue weighted by molar-refractivity contribution is 5.89. The molecular weight excluding hydrogens is 196 g/mol. The summed E-state index contributed by atoms with van der Waals surface area (Å²) in [6.07, 6.45) is 7.95. The lowest BCUT2D eigenvalue weighted by molar-refractivity contribution is -0.114. The second kappa shape index (κ2) is 4.99. The molecule has 0 amide bonds. The van der Waals surface area contributed by atoms with Gasteiger partial charge in [-0.3, -0.25) is 4.79 Å². The first-order chi connectivity index (χ1) is 7.39. The molecule has 0 spiro atoms. The van der Waals surface area contributed by atoms with Gasteiger partial charge in [-0.1, -0.05) is 45.4 Å². The van der Waals surface area contributed by atoms with Crippen molar-refractivity contribution in [1.29, 1.82) is 0 Å². The molecule has 90 valence electrons. The van der Waals surface area contributed by atoms with Crippen LogP contribution in [0.4, 0.5) is 0 Å². The van der Waals surface area contributed by atoms with E-state index in [1.807, 2.05) is 6.92 Å². The van der Waals surface area contributed by atoms with E-state index in [1.165, 1.54) is 5.57 Å². The maximum Gasteiger partial charge on any atom is 0.155 e. The number of hydrogen-bond acceptors (Lipinski definition) is 1. The van der Waals surface area contributed by atoms with Crippen LogP contribution >= 0.6 is 0 Å². The molecule has 1 rings (SSSR count). The van der Waals surface area contributed by atoms with Gasteiger partial charge in [0.1, 0.15) is 0 Å². The van der Waals surface area contributed by atoms with Crippen LogP contribution in [0, 0.1) is 17.3 Å². The number of allylic oxidation sites excluding steroid dienone is 4. The Hall–Kier alpha value is -0.850. The summed E-state index contributed by atoms with van der Waals surface area (Å²) in [5, 5.41) is 0. The molecule has 0 N–H and O–H groups in total. The maximum atomic E-state index is 11.3. The Morgan fingerprint density at radius 1 is 1.56 bits per heavy atom. The van der Waals surface area contributed by atoms with Crippen LogP contribution in [-0.2, 0) is 4.79 Å². The summed E-state index contributed by atoms with van der Waals surface area (Å²) in [7, 11) is 0.